The number of carbonyl (C=O) groups excluding carboxylic acids is 1. The summed E-state index contributed by atoms with van der Waals surface area (Å²) in [5.41, 5.74) is 4.31. The van der Waals surface area contributed by atoms with Crippen LogP contribution in [0.3, 0.4) is 0 Å². The second-order valence-corrected chi connectivity index (χ2v) is 11.6. The van der Waals surface area contributed by atoms with E-state index >= 15 is 0 Å². The molecule has 0 bridgehead atoms. The van der Waals surface area contributed by atoms with Crippen LogP contribution in [0.25, 0.3) is 23.0 Å². The molecule has 2 heterocycles. The molecular formula is C32H30ClN3O2S2. The fourth-order valence-electron chi connectivity index (χ4n) is 4.47. The highest BCUT2D eigenvalue weighted by Crippen LogP contribution is 2.36. The van der Waals surface area contributed by atoms with Gasteiger partial charge >= 0.3 is 0 Å². The van der Waals surface area contributed by atoms with Crippen molar-refractivity contribution in [3.63, 3.8) is 0 Å². The van der Waals surface area contributed by atoms with Crippen molar-refractivity contribution >= 4 is 51.9 Å². The van der Waals surface area contributed by atoms with E-state index in [1.54, 1.807) is 4.90 Å². The molecule has 1 amide bonds. The fraction of sp³-hybridized carbons (Fsp3) is 0.219. The summed E-state index contributed by atoms with van der Waals surface area (Å²) < 4.78 is 8.53. The summed E-state index contributed by atoms with van der Waals surface area (Å²) in [4.78, 5) is 15.6. The van der Waals surface area contributed by atoms with Crippen LogP contribution in [0.1, 0.15) is 43.7 Å². The molecule has 0 atom stereocenters. The molecular weight excluding hydrogens is 558 g/mol. The van der Waals surface area contributed by atoms with E-state index < -0.39 is 0 Å². The van der Waals surface area contributed by atoms with Gasteiger partial charge < -0.3 is 4.74 Å². The molecule has 0 radical (unpaired) electrons. The fourth-order valence-corrected chi connectivity index (χ4v) is 5.96. The number of amides is 1. The summed E-state index contributed by atoms with van der Waals surface area (Å²) in [5.74, 6) is 0.665. The third-order valence-electron chi connectivity index (χ3n) is 6.62. The number of para-hydroxylation sites is 1. The lowest BCUT2D eigenvalue weighted by Crippen LogP contribution is -2.29. The van der Waals surface area contributed by atoms with Crippen molar-refractivity contribution in [2.24, 2.45) is 0 Å². The molecule has 1 aliphatic rings. The number of benzene rings is 3. The Kier molecular flexibility index (Phi) is 9.37. The van der Waals surface area contributed by atoms with E-state index in [9.17, 15) is 4.79 Å². The van der Waals surface area contributed by atoms with Gasteiger partial charge in [0.2, 0.25) is 0 Å². The highest BCUT2D eigenvalue weighted by molar-refractivity contribution is 8.26. The number of thioether (sulfide) groups is 1. The predicted octanol–water partition coefficient (Wildman–Crippen LogP) is 8.55. The lowest BCUT2D eigenvalue weighted by molar-refractivity contribution is -0.122. The minimum atomic E-state index is -0.0401. The zero-order valence-electron chi connectivity index (χ0n) is 22.3. The molecule has 0 unspecified atom stereocenters. The Morgan fingerprint density at radius 1 is 1.00 bits per heavy atom. The monoisotopic (exact) mass is 587 g/mol. The lowest BCUT2D eigenvalue weighted by Gasteiger charge is -2.13. The maximum atomic E-state index is 13.3. The molecule has 1 aromatic heterocycles. The van der Waals surface area contributed by atoms with Crippen molar-refractivity contribution in [3.05, 3.63) is 106 Å². The maximum Gasteiger partial charge on any atom is 0.266 e. The quantitative estimate of drug-likeness (QED) is 0.0999. The topological polar surface area (TPSA) is 47.4 Å². The molecule has 1 saturated heterocycles. The second-order valence-electron chi connectivity index (χ2n) is 9.52. The number of nitrogens with zero attached hydrogens (tertiary/aromatic N) is 3. The minimum absolute atomic E-state index is 0.0401. The number of ether oxygens (including phenoxy) is 1. The highest BCUT2D eigenvalue weighted by atomic mass is 35.5. The first-order valence-electron chi connectivity index (χ1n) is 13.4. The van der Waals surface area contributed by atoms with Gasteiger partial charge in [0.15, 0.2) is 0 Å². The Balaban J connectivity index is 1.45. The minimum Gasteiger partial charge on any atom is -0.489 e. The van der Waals surface area contributed by atoms with E-state index in [1.165, 1.54) is 11.8 Å². The Labute approximate surface area is 249 Å². The molecule has 8 heteroatoms. The van der Waals surface area contributed by atoms with Crippen molar-refractivity contribution in [2.45, 2.75) is 39.2 Å². The summed E-state index contributed by atoms with van der Waals surface area (Å²) in [7, 11) is 0. The number of unbranched alkanes of at least 4 members (excludes halogenated alkanes) is 3. The molecule has 3 aromatic carbocycles. The van der Waals surface area contributed by atoms with Crippen molar-refractivity contribution in [1.29, 1.82) is 0 Å². The number of halogens is 1. The SMILES string of the molecule is CCCCCCN1C(=O)/C(=C/c2cn(-c3ccccc3)nc2-c2cccc(OCc3ccccc3Cl)c2)SC1=S. The molecule has 0 N–H and O–H groups in total. The average molecular weight is 588 g/mol. The van der Waals surface area contributed by atoms with Gasteiger partial charge in [-0.1, -0.05) is 110 Å². The van der Waals surface area contributed by atoms with Crippen molar-refractivity contribution in [3.8, 4) is 22.7 Å². The van der Waals surface area contributed by atoms with Gasteiger partial charge in [0, 0.05) is 34.5 Å². The summed E-state index contributed by atoms with van der Waals surface area (Å²) in [6.07, 6.45) is 8.22. The van der Waals surface area contributed by atoms with Crippen molar-refractivity contribution < 1.29 is 9.53 Å². The van der Waals surface area contributed by atoms with Gasteiger partial charge in [-0.2, -0.15) is 5.10 Å². The zero-order chi connectivity index (χ0) is 27.9. The summed E-state index contributed by atoms with van der Waals surface area (Å²) in [6, 6.07) is 25.4. The molecule has 0 saturated carbocycles. The first-order chi connectivity index (χ1) is 19.5. The van der Waals surface area contributed by atoms with E-state index in [2.05, 4.69) is 6.92 Å². The van der Waals surface area contributed by atoms with Crippen LogP contribution in [-0.2, 0) is 11.4 Å². The number of hydrogen-bond donors (Lipinski definition) is 0. The standard InChI is InChI=1S/C32H30ClN3O2S2/c1-2-3-4-10-18-35-31(37)29(40-32(35)39)20-25-21-36(26-14-6-5-7-15-26)34-30(25)23-13-11-16-27(19-23)38-22-24-12-8-9-17-28(24)33/h5-9,11-17,19-21H,2-4,10,18,22H2,1H3/b29-20-. The van der Waals surface area contributed by atoms with Gasteiger partial charge in [-0.3, -0.25) is 9.69 Å². The first-order valence-corrected chi connectivity index (χ1v) is 15.0. The van der Waals surface area contributed by atoms with Crippen LogP contribution < -0.4 is 4.74 Å². The van der Waals surface area contributed by atoms with Crippen molar-refractivity contribution in [1.82, 2.24) is 14.7 Å². The van der Waals surface area contributed by atoms with Crippen LogP contribution in [-0.4, -0.2) is 31.5 Å². The van der Waals surface area contributed by atoms with Crippen LogP contribution in [0, 0.1) is 0 Å². The molecule has 5 rings (SSSR count). The van der Waals surface area contributed by atoms with E-state index in [0.717, 1.165) is 53.8 Å². The lowest BCUT2D eigenvalue weighted by atomic mass is 10.1. The van der Waals surface area contributed by atoms with Gasteiger partial charge in [0.25, 0.3) is 5.91 Å². The number of aromatic nitrogens is 2. The summed E-state index contributed by atoms with van der Waals surface area (Å²) in [5, 5.41) is 5.60. The first kappa shape index (κ1) is 28.1. The van der Waals surface area contributed by atoms with E-state index in [1.807, 2.05) is 95.8 Å². The Morgan fingerprint density at radius 3 is 2.60 bits per heavy atom. The van der Waals surface area contributed by atoms with Crippen LogP contribution in [0.4, 0.5) is 0 Å². The molecule has 0 aliphatic carbocycles. The van der Waals surface area contributed by atoms with Crippen LogP contribution in [0.5, 0.6) is 5.75 Å². The predicted molar refractivity (Wildman–Crippen MR) is 169 cm³/mol. The second kappa shape index (κ2) is 13.3. The number of hydrogen-bond acceptors (Lipinski definition) is 5. The number of rotatable bonds is 11. The van der Waals surface area contributed by atoms with Gasteiger partial charge in [-0.05, 0) is 42.8 Å². The molecule has 204 valence electrons. The molecule has 5 nitrogen and oxygen atoms in total. The Hall–Kier alpha value is -3.39. The van der Waals surface area contributed by atoms with Gasteiger partial charge in [-0.15, -0.1) is 0 Å². The van der Waals surface area contributed by atoms with E-state index in [4.69, 9.17) is 33.7 Å². The molecule has 1 fully saturated rings. The van der Waals surface area contributed by atoms with Crippen LogP contribution in [0.15, 0.2) is 90.0 Å². The molecule has 40 heavy (non-hydrogen) atoms. The molecule has 0 spiro atoms. The largest absolute Gasteiger partial charge is 0.489 e. The smallest absolute Gasteiger partial charge is 0.266 e. The zero-order valence-corrected chi connectivity index (χ0v) is 24.6. The maximum absolute atomic E-state index is 13.3. The normalized spacial score (nSPS) is 14.3. The van der Waals surface area contributed by atoms with E-state index in [0.29, 0.717) is 33.1 Å². The Morgan fingerprint density at radius 2 is 1.80 bits per heavy atom. The van der Waals surface area contributed by atoms with Gasteiger partial charge in [0.05, 0.1) is 10.6 Å². The summed E-state index contributed by atoms with van der Waals surface area (Å²) >= 11 is 13.2. The molecule has 1 aliphatic heterocycles. The number of thiocarbonyl (C=S) groups is 1. The third-order valence-corrected chi connectivity index (χ3v) is 8.36. The average Bonchev–Trinajstić information content (AvgIpc) is 3.51. The summed E-state index contributed by atoms with van der Waals surface area (Å²) in [6.45, 7) is 3.19. The molecule has 4 aromatic rings. The Bertz CT molecular complexity index is 1530. The van der Waals surface area contributed by atoms with E-state index in [-0.39, 0.29) is 5.91 Å². The highest BCUT2D eigenvalue weighted by Gasteiger charge is 2.32. The van der Waals surface area contributed by atoms with Crippen molar-refractivity contribution in [2.75, 3.05) is 6.54 Å². The van der Waals surface area contributed by atoms with Gasteiger partial charge in [0.1, 0.15) is 22.4 Å². The van der Waals surface area contributed by atoms with Gasteiger partial charge in [-0.25, -0.2) is 4.68 Å². The number of carbonyl (C=O) groups is 1. The van der Waals surface area contributed by atoms with Crippen LogP contribution >= 0.6 is 35.6 Å². The van der Waals surface area contributed by atoms with Crippen LogP contribution in [0.2, 0.25) is 5.02 Å². The third kappa shape index (κ3) is 6.66.